The topological polar surface area (TPSA) is 114 Å². The number of imidazole rings is 1. The van der Waals surface area contributed by atoms with Crippen molar-refractivity contribution in [2.45, 2.75) is 56.1 Å². The molecule has 4 atom stereocenters. The molecular formula is C15H20N4O4. The lowest BCUT2D eigenvalue weighted by Crippen LogP contribution is -2.33. The zero-order valence-corrected chi connectivity index (χ0v) is 12.6. The Balaban J connectivity index is 1.73. The highest BCUT2D eigenvalue weighted by Crippen LogP contribution is 2.37. The molecule has 2 fully saturated rings. The number of nitrogens with zero attached hydrogens (tertiary/aromatic N) is 4. The maximum Gasteiger partial charge on any atom is 0.165 e. The second-order valence-corrected chi connectivity index (χ2v) is 6.29. The van der Waals surface area contributed by atoms with Gasteiger partial charge < -0.3 is 20.1 Å². The molecule has 0 amide bonds. The van der Waals surface area contributed by atoms with Crippen LogP contribution in [0, 0.1) is 0 Å². The first kappa shape index (κ1) is 14.9. The van der Waals surface area contributed by atoms with E-state index < -0.39 is 24.5 Å². The van der Waals surface area contributed by atoms with E-state index in [-0.39, 0.29) is 6.61 Å². The Hall–Kier alpha value is -1.61. The molecular weight excluding hydrogens is 300 g/mol. The van der Waals surface area contributed by atoms with Gasteiger partial charge in [-0.1, -0.05) is 12.8 Å². The van der Waals surface area contributed by atoms with Crippen molar-refractivity contribution in [3.8, 4) is 0 Å². The van der Waals surface area contributed by atoms with Crippen molar-refractivity contribution in [3.63, 3.8) is 0 Å². The SMILES string of the molecule is OC[C@H]1O[C@@H](n2cnc3c(C4CCCC4)ncnc32)[C@H](O)[C@@H]1O. The number of fused-ring (bicyclic) bond motifs is 1. The Morgan fingerprint density at radius 3 is 2.61 bits per heavy atom. The summed E-state index contributed by atoms with van der Waals surface area (Å²) in [5, 5.41) is 29.3. The van der Waals surface area contributed by atoms with Crippen LogP contribution in [0.25, 0.3) is 11.2 Å². The van der Waals surface area contributed by atoms with Crippen molar-refractivity contribution in [2.24, 2.45) is 0 Å². The average Bonchev–Trinajstić information content (AvgIpc) is 3.28. The van der Waals surface area contributed by atoms with Gasteiger partial charge in [0.1, 0.15) is 30.2 Å². The third kappa shape index (κ3) is 2.33. The number of rotatable bonds is 3. The van der Waals surface area contributed by atoms with Gasteiger partial charge in [-0.25, -0.2) is 15.0 Å². The van der Waals surface area contributed by atoms with E-state index in [9.17, 15) is 15.3 Å². The number of ether oxygens (including phenoxy) is 1. The second kappa shape index (κ2) is 5.79. The number of aromatic nitrogens is 4. The van der Waals surface area contributed by atoms with Crippen LogP contribution in [0.15, 0.2) is 12.7 Å². The van der Waals surface area contributed by atoms with E-state index in [4.69, 9.17) is 4.74 Å². The van der Waals surface area contributed by atoms with Gasteiger partial charge >= 0.3 is 0 Å². The van der Waals surface area contributed by atoms with Gasteiger partial charge in [-0.05, 0) is 12.8 Å². The molecule has 0 radical (unpaired) electrons. The van der Waals surface area contributed by atoms with Gasteiger partial charge in [-0.2, -0.15) is 0 Å². The molecule has 2 aliphatic rings. The lowest BCUT2D eigenvalue weighted by atomic mass is 10.0. The van der Waals surface area contributed by atoms with Crippen LogP contribution in [0.4, 0.5) is 0 Å². The van der Waals surface area contributed by atoms with Crippen LogP contribution in [-0.4, -0.2) is 59.8 Å². The van der Waals surface area contributed by atoms with E-state index in [1.54, 1.807) is 10.9 Å². The third-order valence-electron chi connectivity index (χ3n) is 4.92. The van der Waals surface area contributed by atoms with Crippen molar-refractivity contribution in [1.29, 1.82) is 0 Å². The monoisotopic (exact) mass is 320 g/mol. The predicted octanol–water partition coefficient (Wildman–Crippen LogP) is 0.0954. The largest absolute Gasteiger partial charge is 0.394 e. The van der Waals surface area contributed by atoms with Crippen molar-refractivity contribution >= 4 is 11.2 Å². The summed E-state index contributed by atoms with van der Waals surface area (Å²) < 4.78 is 7.18. The Labute approximate surface area is 132 Å². The van der Waals surface area contributed by atoms with Gasteiger partial charge in [0.25, 0.3) is 0 Å². The average molecular weight is 320 g/mol. The molecule has 1 aliphatic heterocycles. The first-order chi connectivity index (χ1) is 11.2. The molecule has 2 aromatic heterocycles. The summed E-state index contributed by atoms with van der Waals surface area (Å²) in [6.45, 7) is -0.357. The normalized spacial score (nSPS) is 32.1. The molecule has 124 valence electrons. The van der Waals surface area contributed by atoms with Crippen molar-refractivity contribution in [3.05, 3.63) is 18.3 Å². The zero-order chi connectivity index (χ0) is 16.0. The van der Waals surface area contributed by atoms with Crippen molar-refractivity contribution in [2.75, 3.05) is 6.61 Å². The Morgan fingerprint density at radius 1 is 1.13 bits per heavy atom. The lowest BCUT2D eigenvalue weighted by Gasteiger charge is -2.16. The maximum absolute atomic E-state index is 10.2. The summed E-state index contributed by atoms with van der Waals surface area (Å²) in [5.74, 6) is 0.397. The summed E-state index contributed by atoms with van der Waals surface area (Å²) >= 11 is 0. The van der Waals surface area contributed by atoms with Gasteiger partial charge in [-0.3, -0.25) is 4.57 Å². The minimum Gasteiger partial charge on any atom is -0.394 e. The first-order valence-electron chi connectivity index (χ1n) is 8.00. The quantitative estimate of drug-likeness (QED) is 0.734. The van der Waals surface area contributed by atoms with E-state index in [2.05, 4.69) is 15.0 Å². The molecule has 0 bridgehead atoms. The molecule has 3 heterocycles. The van der Waals surface area contributed by atoms with E-state index in [0.29, 0.717) is 11.6 Å². The Kier molecular flexibility index (Phi) is 3.76. The molecule has 23 heavy (non-hydrogen) atoms. The molecule has 0 spiro atoms. The zero-order valence-electron chi connectivity index (χ0n) is 12.6. The van der Waals surface area contributed by atoms with Gasteiger partial charge in [-0.15, -0.1) is 0 Å². The highest BCUT2D eigenvalue weighted by atomic mass is 16.6. The van der Waals surface area contributed by atoms with Gasteiger partial charge in [0.15, 0.2) is 11.9 Å². The van der Waals surface area contributed by atoms with Crippen LogP contribution < -0.4 is 0 Å². The summed E-state index contributed by atoms with van der Waals surface area (Å²) in [6.07, 6.45) is 3.75. The fourth-order valence-electron chi connectivity index (χ4n) is 3.66. The number of hydrogen-bond donors (Lipinski definition) is 3. The van der Waals surface area contributed by atoms with Crippen molar-refractivity contribution < 1.29 is 20.1 Å². The van der Waals surface area contributed by atoms with E-state index in [1.165, 1.54) is 19.2 Å². The van der Waals surface area contributed by atoms with E-state index in [1.807, 2.05) is 0 Å². The molecule has 1 aliphatic carbocycles. The molecule has 3 N–H and O–H groups in total. The molecule has 8 heteroatoms. The molecule has 4 rings (SSSR count). The maximum atomic E-state index is 10.2. The summed E-state index contributed by atoms with van der Waals surface area (Å²) in [4.78, 5) is 13.1. The van der Waals surface area contributed by atoms with E-state index in [0.717, 1.165) is 24.1 Å². The van der Waals surface area contributed by atoms with Gasteiger partial charge in [0.2, 0.25) is 0 Å². The molecule has 1 saturated carbocycles. The molecule has 0 unspecified atom stereocenters. The van der Waals surface area contributed by atoms with Gasteiger partial charge in [0, 0.05) is 5.92 Å². The molecule has 8 nitrogen and oxygen atoms in total. The standard InChI is InChI=1S/C15H20N4O4/c20-5-9-12(21)13(22)15(23-9)19-7-18-11-10(8-3-1-2-4-8)16-6-17-14(11)19/h6-9,12-13,15,20-22H,1-5H2/t9-,12-,13-,15-/m1/s1. The second-order valence-electron chi connectivity index (χ2n) is 6.29. The summed E-state index contributed by atoms with van der Waals surface area (Å²) in [7, 11) is 0. The van der Waals surface area contributed by atoms with Crippen LogP contribution in [-0.2, 0) is 4.74 Å². The highest BCUT2D eigenvalue weighted by molar-refractivity contribution is 5.73. The van der Waals surface area contributed by atoms with Crippen LogP contribution in [0.2, 0.25) is 0 Å². The molecule has 0 aromatic carbocycles. The highest BCUT2D eigenvalue weighted by Gasteiger charge is 2.44. The van der Waals surface area contributed by atoms with Crippen LogP contribution in [0.5, 0.6) is 0 Å². The minimum absolute atomic E-state index is 0.357. The third-order valence-corrected chi connectivity index (χ3v) is 4.92. The molecule has 1 saturated heterocycles. The smallest absolute Gasteiger partial charge is 0.165 e. The molecule has 2 aromatic rings. The number of aliphatic hydroxyl groups is 3. The number of hydrogen-bond acceptors (Lipinski definition) is 7. The first-order valence-corrected chi connectivity index (χ1v) is 8.00. The van der Waals surface area contributed by atoms with E-state index >= 15 is 0 Å². The fourth-order valence-corrected chi connectivity index (χ4v) is 3.66. The number of aliphatic hydroxyl groups excluding tert-OH is 3. The predicted molar refractivity (Wildman–Crippen MR) is 79.5 cm³/mol. The summed E-state index contributed by atoms with van der Waals surface area (Å²) in [6, 6.07) is 0. The van der Waals surface area contributed by atoms with Gasteiger partial charge in [0.05, 0.1) is 18.6 Å². The van der Waals surface area contributed by atoms with Crippen LogP contribution in [0.3, 0.4) is 0 Å². The Morgan fingerprint density at radius 2 is 1.91 bits per heavy atom. The van der Waals surface area contributed by atoms with Crippen molar-refractivity contribution in [1.82, 2.24) is 19.5 Å². The Bertz CT molecular complexity index is 700. The van der Waals surface area contributed by atoms with Crippen LogP contribution >= 0.6 is 0 Å². The fraction of sp³-hybridized carbons (Fsp3) is 0.667. The summed E-state index contributed by atoms with van der Waals surface area (Å²) in [5.41, 5.74) is 2.24. The lowest BCUT2D eigenvalue weighted by molar-refractivity contribution is -0.0511. The minimum atomic E-state index is -1.14. The van der Waals surface area contributed by atoms with Crippen LogP contribution in [0.1, 0.15) is 43.5 Å².